The van der Waals surface area contributed by atoms with Gasteiger partial charge < -0.3 is 14.3 Å². The smallest absolute Gasteiger partial charge is 0.503 e. The van der Waals surface area contributed by atoms with Gasteiger partial charge in [-0.05, 0) is 101 Å². The van der Waals surface area contributed by atoms with E-state index in [9.17, 15) is 2.74 Å². The minimum absolute atomic E-state index is 0. The Morgan fingerprint density at radius 1 is 0.746 bits per heavy atom. The van der Waals surface area contributed by atoms with Crippen molar-refractivity contribution in [2.45, 2.75) is 144 Å². The summed E-state index contributed by atoms with van der Waals surface area (Å²) in [4.78, 5) is 10.6. The quantitative estimate of drug-likeness (QED) is 0.166. The van der Waals surface area contributed by atoms with Crippen LogP contribution in [-0.2, 0) is 48.4 Å². The molecule has 0 bridgehead atoms. The van der Waals surface area contributed by atoms with Gasteiger partial charge in [0.25, 0.3) is 0 Å². The van der Waals surface area contributed by atoms with E-state index in [1.807, 2.05) is 13.1 Å². The molecule has 2 aromatic heterocycles. The normalized spacial score (nSPS) is 22.0. The number of ether oxygens (including phenoxy) is 1. The molecule has 2 aliphatic heterocycles. The van der Waals surface area contributed by atoms with Crippen LogP contribution in [0.3, 0.4) is 0 Å². The fourth-order valence-electron chi connectivity index (χ4n) is 9.88. The molecule has 0 unspecified atom stereocenters. The zero-order valence-electron chi connectivity index (χ0n) is 39.7. The SMILES string of the molecule is [2H]C1([2H])c2cc(C)c(C)cc2[C@]2(C(C)(C)C)SC(c3[c-]c(Oc4[c-]c5c(cc4C)c4cc(C(C)(C)C)cc6c4n5-c4ncc(C)cc4C6(C)C)cc(C(C)(C)C)c3)=N[C@]12C.[Pt+2]. The number of rotatable bonds is 3. The molecule has 6 heteroatoms. The van der Waals surface area contributed by atoms with Crippen LogP contribution < -0.4 is 4.74 Å². The van der Waals surface area contributed by atoms with Crippen LogP contribution >= 0.6 is 11.8 Å². The summed E-state index contributed by atoms with van der Waals surface area (Å²) >= 11 is 1.70. The van der Waals surface area contributed by atoms with Crippen molar-refractivity contribution in [1.29, 1.82) is 0 Å². The topological polar surface area (TPSA) is 39.4 Å². The molecule has 3 aliphatic rings. The summed E-state index contributed by atoms with van der Waals surface area (Å²) < 4.78 is 28.1. The van der Waals surface area contributed by atoms with Gasteiger partial charge in [0.2, 0.25) is 0 Å². The van der Waals surface area contributed by atoms with Crippen molar-refractivity contribution < 1.29 is 28.5 Å². The number of thioether (sulfide) groups is 1. The van der Waals surface area contributed by atoms with Crippen molar-refractivity contribution in [2.75, 3.05) is 0 Å². The molecule has 0 amide bonds. The zero-order valence-corrected chi connectivity index (χ0v) is 40.8. The van der Waals surface area contributed by atoms with Crippen molar-refractivity contribution in [3.63, 3.8) is 0 Å². The van der Waals surface area contributed by atoms with Crippen LogP contribution in [0.2, 0.25) is 0 Å². The second-order valence-corrected chi connectivity index (χ2v) is 22.4. The van der Waals surface area contributed by atoms with Crippen LogP contribution in [-0.4, -0.2) is 20.1 Å². The maximum atomic E-state index is 9.75. The van der Waals surface area contributed by atoms with Gasteiger partial charge in [0.05, 0.1) is 10.3 Å². The number of aromatic nitrogens is 2. The van der Waals surface area contributed by atoms with Crippen molar-refractivity contribution in [3.05, 3.63) is 128 Å². The molecule has 1 aliphatic carbocycles. The molecule has 0 N–H and O–H groups in total. The first-order chi connectivity index (χ1) is 27.6. The number of aliphatic imine (C=N–C) groups is 1. The molecular formula is C53H59N3OPtS. The third-order valence-corrected chi connectivity index (χ3v) is 15.4. The Balaban J connectivity index is 0.00000514. The Bertz CT molecular complexity index is 2900. The molecule has 0 fully saturated rings. The van der Waals surface area contributed by atoms with Gasteiger partial charge in [-0.25, -0.2) is 4.98 Å². The first-order valence-electron chi connectivity index (χ1n) is 21.8. The van der Waals surface area contributed by atoms with Gasteiger partial charge in [-0.1, -0.05) is 125 Å². The summed E-state index contributed by atoms with van der Waals surface area (Å²) in [6, 6.07) is 25.4. The molecule has 4 nitrogen and oxygen atoms in total. The van der Waals surface area contributed by atoms with Crippen molar-refractivity contribution in [3.8, 4) is 17.3 Å². The van der Waals surface area contributed by atoms with E-state index in [4.69, 9.17) is 14.7 Å². The van der Waals surface area contributed by atoms with Crippen molar-refractivity contribution in [2.24, 2.45) is 10.4 Å². The zero-order chi connectivity index (χ0) is 43.7. The summed E-state index contributed by atoms with van der Waals surface area (Å²) in [5.41, 5.74) is 12.1. The molecule has 59 heavy (non-hydrogen) atoms. The van der Waals surface area contributed by atoms with Gasteiger partial charge in [-0.3, -0.25) is 0 Å². The number of aryl methyl sites for hydroxylation is 4. The van der Waals surface area contributed by atoms with Crippen LogP contribution in [0.1, 0.15) is 147 Å². The van der Waals surface area contributed by atoms with Crippen LogP contribution in [0.4, 0.5) is 0 Å². The van der Waals surface area contributed by atoms with Crippen LogP contribution in [0.15, 0.2) is 59.7 Å². The minimum atomic E-state index is -1.69. The predicted molar refractivity (Wildman–Crippen MR) is 245 cm³/mol. The van der Waals surface area contributed by atoms with Crippen molar-refractivity contribution in [1.82, 2.24) is 9.55 Å². The summed E-state index contributed by atoms with van der Waals surface area (Å²) in [5, 5.41) is 3.13. The van der Waals surface area contributed by atoms with Gasteiger partial charge in [-0.2, -0.15) is 6.07 Å². The Kier molecular flexibility index (Phi) is 8.81. The predicted octanol–water partition coefficient (Wildman–Crippen LogP) is 13.8. The molecular weight excluding hydrogens is 922 g/mol. The second kappa shape index (κ2) is 13.2. The fourth-order valence-corrected chi connectivity index (χ4v) is 11.5. The Morgan fingerprint density at radius 2 is 1.41 bits per heavy atom. The van der Waals surface area contributed by atoms with E-state index in [0.717, 1.165) is 60.7 Å². The number of pyridine rings is 1. The number of fused-ring (bicyclic) bond motifs is 8. The summed E-state index contributed by atoms with van der Waals surface area (Å²) in [7, 11) is 0. The van der Waals surface area contributed by atoms with Crippen LogP contribution in [0, 0.1) is 45.2 Å². The Morgan fingerprint density at radius 3 is 2.07 bits per heavy atom. The third-order valence-electron chi connectivity index (χ3n) is 13.3. The van der Waals surface area contributed by atoms with E-state index in [-0.39, 0.29) is 42.7 Å². The Labute approximate surface area is 374 Å². The average molecular weight is 983 g/mol. The monoisotopic (exact) mass is 982 g/mol. The second-order valence-electron chi connectivity index (χ2n) is 21.2. The molecule has 6 aromatic rings. The summed E-state index contributed by atoms with van der Waals surface area (Å²) in [5.74, 6) is 2.16. The van der Waals surface area contributed by atoms with Crippen molar-refractivity contribution >= 4 is 38.6 Å². The first kappa shape index (κ1) is 39.5. The number of benzene rings is 4. The average Bonchev–Trinajstić information content (AvgIpc) is 3.68. The molecule has 4 aromatic carbocycles. The van der Waals surface area contributed by atoms with Crippen LogP contribution in [0.5, 0.6) is 11.5 Å². The Hall–Kier alpha value is -3.66. The molecule has 9 rings (SSSR count). The standard InChI is InChI=1S/C53H59N3OS.Pt/c1-29-17-42-46(54-28-29)56-43-26-44(32(4)19-38(43)39-24-36(49(8,9)10)25-41(45(39)56)51(42,14)15)57-37-22-33(21-35(23-37)48(5,6)7)47-55-52(16)27-34-18-30(2)31(3)20-40(34)53(52,58-47)50(11,12)13;/h17-21,23-25,28H,27H2,1-16H3;/q-2;+2/t52-,53-;/m1./s1/i27D2;. The van der Waals surface area contributed by atoms with E-state index in [1.54, 1.807) is 11.8 Å². The van der Waals surface area contributed by atoms with E-state index >= 15 is 0 Å². The maximum absolute atomic E-state index is 9.75. The molecule has 0 radical (unpaired) electrons. The van der Waals surface area contributed by atoms with E-state index in [2.05, 4.69) is 169 Å². The van der Waals surface area contributed by atoms with E-state index in [0.29, 0.717) is 11.5 Å². The maximum Gasteiger partial charge on any atom is 2.00 e. The summed E-state index contributed by atoms with van der Waals surface area (Å²) in [6.07, 6.45) is 0.275. The minimum Gasteiger partial charge on any atom is -0.503 e. The van der Waals surface area contributed by atoms with Gasteiger partial charge in [0.15, 0.2) is 0 Å². The van der Waals surface area contributed by atoms with Gasteiger partial charge in [0, 0.05) is 42.0 Å². The molecule has 0 saturated heterocycles. The molecule has 2 atom stereocenters. The number of hydrogen-bond donors (Lipinski definition) is 0. The molecule has 308 valence electrons. The summed E-state index contributed by atoms with van der Waals surface area (Å²) in [6.45, 7) is 35.3. The molecule has 0 saturated carbocycles. The van der Waals surface area contributed by atoms with Crippen LogP contribution in [0.25, 0.3) is 27.6 Å². The van der Waals surface area contributed by atoms with E-state index < -0.39 is 16.7 Å². The van der Waals surface area contributed by atoms with Gasteiger partial charge >= 0.3 is 21.1 Å². The van der Waals surface area contributed by atoms with Gasteiger partial charge in [-0.15, -0.1) is 46.0 Å². The largest absolute Gasteiger partial charge is 2.00 e. The molecule has 4 heterocycles. The first-order valence-corrected chi connectivity index (χ1v) is 21.6. The third kappa shape index (κ3) is 6.09. The molecule has 0 spiro atoms. The van der Waals surface area contributed by atoms with E-state index in [1.165, 1.54) is 33.2 Å². The fraction of sp³-hybridized carbons (Fsp3) is 0.434. The van der Waals surface area contributed by atoms with Gasteiger partial charge in [0.1, 0.15) is 5.82 Å². The number of hydrogen-bond acceptors (Lipinski definition) is 4. The number of nitrogens with zero attached hydrogens (tertiary/aromatic N) is 3.